The number of H-pyrrole nitrogens is 1. The van der Waals surface area contributed by atoms with E-state index in [1.807, 2.05) is 30.5 Å². The molecule has 2 aromatic carbocycles. The molecule has 1 aliphatic heterocycles. The van der Waals surface area contributed by atoms with Gasteiger partial charge in [-0.25, -0.2) is 8.42 Å². The number of allylic oxidation sites excluding steroid dienone is 2. The number of ether oxygens (including phenoxy) is 1. The van der Waals surface area contributed by atoms with E-state index in [1.54, 1.807) is 35.6 Å². The van der Waals surface area contributed by atoms with Crippen molar-refractivity contribution in [2.24, 2.45) is 0 Å². The van der Waals surface area contributed by atoms with Crippen molar-refractivity contribution in [1.82, 2.24) is 4.98 Å². The lowest BCUT2D eigenvalue weighted by Gasteiger charge is -2.19. The van der Waals surface area contributed by atoms with Crippen LogP contribution in [-0.2, 0) is 20.2 Å². The van der Waals surface area contributed by atoms with Crippen molar-refractivity contribution >= 4 is 43.7 Å². The van der Waals surface area contributed by atoms with Gasteiger partial charge in [0.05, 0.1) is 23.8 Å². The Kier molecular flexibility index (Phi) is 8.60. The third-order valence-corrected chi connectivity index (χ3v) is 10.1. The fourth-order valence-electron chi connectivity index (χ4n) is 5.17. The van der Waals surface area contributed by atoms with E-state index in [-0.39, 0.29) is 16.1 Å². The average molecular weight is 603 g/mol. The first-order valence-corrected chi connectivity index (χ1v) is 16.6. The Morgan fingerprint density at radius 1 is 1.10 bits per heavy atom. The molecule has 2 aromatic heterocycles. The third-order valence-electron chi connectivity index (χ3n) is 7.62. The molecule has 2 N–H and O–H groups in total. The summed E-state index contributed by atoms with van der Waals surface area (Å²) in [5.74, 6) is -0.126. The Labute approximate surface area is 252 Å². The minimum Gasteiger partial charge on any atom is -0.381 e. The largest absolute Gasteiger partial charge is 0.381 e. The molecule has 1 saturated heterocycles. The number of hydrogen-bond donors (Lipinski definition) is 2. The van der Waals surface area contributed by atoms with Crippen LogP contribution < -0.4 is 4.72 Å². The molecule has 1 aliphatic rings. The van der Waals surface area contributed by atoms with Gasteiger partial charge >= 0.3 is 0 Å². The summed E-state index contributed by atoms with van der Waals surface area (Å²) in [5, 5.41) is 2.83. The van der Waals surface area contributed by atoms with E-state index < -0.39 is 10.0 Å². The maximum Gasteiger partial charge on any atom is 0.261 e. The summed E-state index contributed by atoms with van der Waals surface area (Å²) in [5.41, 5.74) is 6.44. The highest BCUT2D eigenvalue weighted by Gasteiger charge is 2.23. The van der Waals surface area contributed by atoms with E-state index in [1.165, 1.54) is 5.57 Å². The predicted octanol–water partition coefficient (Wildman–Crippen LogP) is 8.56. The van der Waals surface area contributed by atoms with Crippen LogP contribution in [0.1, 0.15) is 68.1 Å². The van der Waals surface area contributed by atoms with Crippen LogP contribution in [0.5, 0.6) is 0 Å². The first-order chi connectivity index (χ1) is 19.9. The Hall–Kier alpha value is -3.46. The Bertz CT molecular complexity index is 1760. The van der Waals surface area contributed by atoms with E-state index in [2.05, 4.69) is 49.2 Å². The highest BCUT2D eigenvalue weighted by Crippen LogP contribution is 2.39. The van der Waals surface area contributed by atoms with Gasteiger partial charge in [-0.05, 0) is 96.5 Å². The number of ketones is 1. The number of sulfonamides is 1. The zero-order valence-corrected chi connectivity index (χ0v) is 26.3. The minimum atomic E-state index is -3.81. The lowest BCUT2D eigenvalue weighted by atomic mass is 9.87. The fourth-order valence-corrected chi connectivity index (χ4v) is 7.18. The van der Waals surface area contributed by atoms with Gasteiger partial charge in [0.1, 0.15) is 0 Å². The first kappa shape index (κ1) is 30.0. The molecule has 0 spiro atoms. The maximum atomic E-state index is 13.7. The summed E-state index contributed by atoms with van der Waals surface area (Å²) in [6.45, 7) is 13.9. The van der Waals surface area contributed by atoms with Gasteiger partial charge in [-0.3, -0.25) is 9.52 Å². The standard InChI is InChI=1S/C34H38N2O4S2/c1-22-19-30(41-21-22)31-28-20-26(36-42(38,39)27-12-9-25(10-13-27)34(3,4)5)11-14-29(28)35-32(31)33(37)23(2)7-6-8-24-15-17-40-18-16-24/h8-14,19-21,35-36H,2,6-7,15-18H2,1,3-5H3. The van der Waals surface area contributed by atoms with Crippen LogP contribution in [0, 0.1) is 6.92 Å². The monoisotopic (exact) mass is 602 g/mol. The van der Waals surface area contributed by atoms with Gasteiger partial charge in [0.25, 0.3) is 10.0 Å². The maximum absolute atomic E-state index is 13.7. The van der Waals surface area contributed by atoms with Crippen molar-refractivity contribution in [3.63, 3.8) is 0 Å². The number of aromatic amines is 1. The number of nitrogens with one attached hydrogen (secondary N) is 2. The molecule has 4 aromatic rings. The molecule has 0 saturated carbocycles. The molecule has 220 valence electrons. The third kappa shape index (κ3) is 6.61. The number of benzene rings is 2. The summed E-state index contributed by atoms with van der Waals surface area (Å²) < 4.78 is 34.7. The van der Waals surface area contributed by atoms with Crippen molar-refractivity contribution in [2.45, 2.75) is 63.7 Å². The number of fused-ring (bicyclic) bond motifs is 1. The van der Waals surface area contributed by atoms with Crippen molar-refractivity contribution in [1.29, 1.82) is 0 Å². The van der Waals surface area contributed by atoms with Gasteiger partial charge < -0.3 is 9.72 Å². The predicted molar refractivity (Wildman–Crippen MR) is 173 cm³/mol. The topological polar surface area (TPSA) is 88.3 Å². The lowest BCUT2D eigenvalue weighted by molar-refractivity contribution is 0.102. The van der Waals surface area contributed by atoms with E-state index in [9.17, 15) is 13.2 Å². The number of hydrogen-bond acceptors (Lipinski definition) is 5. The molecule has 0 bridgehead atoms. The van der Waals surface area contributed by atoms with E-state index in [4.69, 9.17) is 4.74 Å². The molecule has 8 heteroatoms. The number of rotatable bonds is 9. The van der Waals surface area contributed by atoms with Crippen molar-refractivity contribution in [3.8, 4) is 10.4 Å². The van der Waals surface area contributed by atoms with Crippen LogP contribution in [-0.4, -0.2) is 32.4 Å². The van der Waals surface area contributed by atoms with Crippen LogP contribution in [0.25, 0.3) is 21.3 Å². The van der Waals surface area contributed by atoms with Crippen LogP contribution in [0.2, 0.25) is 0 Å². The quantitative estimate of drug-likeness (QED) is 0.114. The van der Waals surface area contributed by atoms with Crippen LogP contribution >= 0.6 is 11.3 Å². The molecular weight excluding hydrogens is 565 g/mol. The molecule has 3 heterocycles. The molecule has 0 unspecified atom stereocenters. The number of thiophene rings is 1. The van der Waals surface area contributed by atoms with Gasteiger partial charge in [0, 0.05) is 27.0 Å². The fraction of sp³-hybridized carbons (Fsp3) is 0.324. The molecule has 0 radical (unpaired) electrons. The summed E-state index contributed by atoms with van der Waals surface area (Å²) in [6, 6.07) is 14.4. The van der Waals surface area contributed by atoms with Gasteiger partial charge in [-0.15, -0.1) is 11.3 Å². The molecular formula is C34H38N2O4S2. The molecule has 0 atom stereocenters. The Balaban J connectivity index is 1.44. The zero-order chi connectivity index (χ0) is 30.1. The summed E-state index contributed by atoms with van der Waals surface area (Å²) >= 11 is 1.56. The molecule has 5 rings (SSSR count). The van der Waals surface area contributed by atoms with Gasteiger partial charge in [0.15, 0.2) is 0 Å². The van der Waals surface area contributed by atoms with Gasteiger partial charge in [-0.1, -0.05) is 51.1 Å². The van der Waals surface area contributed by atoms with Crippen molar-refractivity contribution < 1.29 is 17.9 Å². The van der Waals surface area contributed by atoms with Crippen molar-refractivity contribution in [2.75, 3.05) is 17.9 Å². The average Bonchev–Trinajstić information content (AvgIpc) is 3.55. The van der Waals surface area contributed by atoms with E-state index >= 15 is 0 Å². The summed E-state index contributed by atoms with van der Waals surface area (Å²) in [7, 11) is -3.81. The summed E-state index contributed by atoms with van der Waals surface area (Å²) in [4.78, 5) is 18.2. The number of carbonyl (C=O) groups excluding carboxylic acids is 1. The summed E-state index contributed by atoms with van der Waals surface area (Å²) in [6.07, 6.45) is 5.43. The van der Waals surface area contributed by atoms with Gasteiger partial charge in [0.2, 0.25) is 5.78 Å². The van der Waals surface area contributed by atoms with E-state index in [0.717, 1.165) is 64.9 Å². The first-order valence-electron chi connectivity index (χ1n) is 14.2. The highest BCUT2D eigenvalue weighted by molar-refractivity contribution is 7.92. The molecule has 6 nitrogen and oxygen atoms in total. The normalized spacial score (nSPS) is 14.2. The molecule has 42 heavy (non-hydrogen) atoms. The number of Topliss-reactive ketones (excluding diaryl/α,β-unsaturated/α-hetero) is 1. The second kappa shape index (κ2) is 12.0. The molecule has 0 aliphatic carbocycles. The molecule has 0 amide bonds. The smallest absolute Gasteiger partial charge is 0.261 e. The van der Waals surface area contributed by atoms with Crippen LogP contribution in [0.3, 0.4) is 0 Å². The number of anilines is 1. The second-order valence-electron chi connectivity index (χ2n) is 11.9. The number of aromatic nitrogens is 1. The lowest BCUT2D eigenvalue weighted by Crippen LogP contribution is -2.14. The highest BCUT2D eigenvalue weighted by atomic mass is 32.2. The number of carbonyl (C=O) groups is 1. The van der Waals surface area contributed by atoms with Crippen LogP contribution in [0.15, 0.2) is 82.6 Å². The van der Waals surface area contributed by atoms with Crippen LogP contribution in [0.4, 0.5) is 5.69 Å². The SMILES string of the molecule is C=C(CCC=C1CCOCC1)C(=O)c1[nH]c2ccc(NS(=O)(=O)c3ccc(C(C)(C)C)cc3)cc2c1-c1cc(C)cs1. The second-order valence-corrected chi connectivity index (χ2v) is 14.5. The zero-order valence-electron chi connectivity index (χ0n) is 24.7. The molecule has 1 fully saturated rings. The number of aryl methyl sites for hydroxylation is 1. The minimum absolute atomic E-state index is 0.0753. The van der Waals surface area contributed by atoms with Gasteiger partial charge in [-0.2, -0.15) is 0 Å². The Morgan fingerprint density at radius 3 is 2.45 bits per heavy atom. The Morgan fingerprint density at radius 2 is 1.81 bits per heavy atom. The van der Waals surface area contributed by atoms with E-state index in [0.29, 0.717) is 23.4 Å². The van der Waals surface area contributed by atoms with Crippen molar-refractivity contribution in [3.05, 3.63) is 94.5 Å².